The summed E-state index contributed by atoms with van der Waals surface area (Å²) in [6, 6.07) is 6.44. The average Bonchev–Trinajstić information content (AvgIpc) is 2.73. The third kappa shape index (κ3) is 2.31. The summed E-state index contributed by atoms with van der Waals surface area (Å²) in [5, 5.41) is 3.48. The van der Waals surface area contributed by atoms with E-state index in [2.05, 4.69) is 10.1 Å². The Morgan fingerprint density at radius 3 is 3.00 bits per heavy atom. The molecular weight excluding hydrogens is 238 g/mol. The number of esters is 1. The minimum atomic E-state index is -1.05. The molecule has 0 aliphatic carbocycles. The van der Waals surface area contributed by atoms with Crippen molar-refractivity contribution < 1.29 is 9.53 Å². The zero-order valence-electron chi connectivity index (χ0n) is 9.16. The van der Waals surface area contributed by atoms with E-state index in [1.54, 1.807) is 6.92 Å². The largest absolute Gasteiger partial charge is 0.711 e. The Morgan fingerprint density at radius 1 is 1.59 bits per heavy atom. The molecule has 0 fully saturated rings. The molecule has 0 aliphatic rings. The predicted molar refractivity (Wildman–Crippen MR) is 64.8 cm³/mol. The SMILES string of the molecule is CCOC(=O)C(N=[N-])c1nc2ccccc2s1. The third-order valence-electron chi connectivity index (χ3n) is 2.17. The summed E-state index contributed by atoms with van der Waals surface area (Å²) in [6.07, 6.45) is 0. The van der Waals surface area contributed by atoms with Gasteiger partial charge < -0.3 is 15.4 Å². The second-order valence-corrected chi connectivity index (χ2v) is 4.35. The molecule has 0 bridgehead atoms. The molecule has 1 unspecified atom stereocenters. The highest BCUT2D eigenvalue weighted by molar-refractivity contribution is 7.18. The quantitative estimate of drug-likeness (QED) is 0.616. The molecule has 1 aromatic carbocycles. The summed E-state index contributed by atoms with van der Waals surface area (Å²) in [5.41, 5.74) is 9.68. The highest BCUT2D eigenvalue weighted by Gasteiger charge is 2.22. The number of aromatic nitrogens is 1. The van der Waals surface area contributed by atoms with E-state index in [9.17, 15) is 4.79 Å². The summed E-state index contributed by atoms with van der Waals surface area (Å²) < 4.78 is 5.76. The number of carbonyl (C=O) groups is 1. The van der Waals surface area contributed by atoms with Gasteiger partial charge in [0.15, 0.2) is 6.04 Å². The van der Waals surface area contributed by atoms with Crippen molar-refractivity contribution in [1.29, 1.82) is 0 Å². The predicted octanol–water partition coefficient (Wildman–Crippen LogP) is 2.92. The van der Waals surface area contributed by atoms with Crippen molar-refractivity contribution in [2.45, 2.75) is 13.0 Å². The first-order chi connectivity index (χ1) is 8.26. The van der Waals surface area contributed by atoms with E-state index in [1.807, 2.05) is 24.3 Å². The van der Waals surface area contributed by atoms with Gasteiger partial charge >= 0.3 is 5.97 Å². The Hall–Kier alpha value is -1.82. The van der Waals surface area contributed by atoms with Crippen molar-refractivity contribution in [2.75, 3.05) is 6.61 Å². The molecule has 17 heavy (non-hydrogen) atoms. The fraction of sp³-hybridized carbons (Fsp3) is 0.273. The standard InChI is InChI=1S/C11H10N3O2S/c1-2-16-11(15)9(14-12)10-13-7-5-3-4-6-8(7)17-10/h3-6,9H,2H2,1H3/q-1. The number of hydrogen-bond donors (Lipinski definition) is 0. The first-order valence-electron chi connectivity index (χ1n) is 5.12. The van der Waals surface area contributed by atoms with Crippen LogP contribution in [0.1, 0.15) is 18.0 Å². The Labute approximate surface area is 102 Å². The van der Waals surface area contributed by atoms with Crippen LogP contribution < -0.4 is 0 Å². The van der Waals surface area contributed by atoms with Gasteiger partial charge in [0.2, 0.25) is 0 Å². The first kappa shape index (κ1) is 11.7. The monoisotopic (exact) mass is 248 g/mol. The summed E-state index contributed by atoms with van der Waals surface area (Å²) >= 11 is 1.32. The lowest BCUT2D eigenvalue weighted by molar-refractivity contribution is -0.144. The summed E-state index contributed by atoms with van der Waals surface area (Å²) in [6.45, 7) is 1.94. The van der Waals surface area contributed by atoms with Crippen LogP contribution in [0, 0.1) is 0 Å². The Bertz CT molecular complexity index is 519. The van der Waals surface area contributed by atoms with Crippen LogP contribution in [0.5, 0.6) is 0 Å². The molecule has 0 aliphatic heterocycles. The van der Waals surface area contributed by atoms with Gasteiger partial charge in [-0.15, -0.1) is 11.3 Å². The van der Waals surface area contributed by atoms with E-state index < -0.39 is 12.0 Å². The van der Waals surface area contributed by atoms with Crippen molar-refractivity contribution >= 4 is 27.5 Å². The van der Waals surface area contributed by atoms with Crippen LogP contribution in [0.3, 0.4) is 0 Å². The minimum absolute atomic E-state index is 0.246. The Morgan fingerprint density at radius 2 is 2.35 bits per heavy atom. The Kier molecular flexibility index (Phi) is 3.43. The molecule has 0 saturated heterocycles. The molecule has 5 nitrogen and oxygen atoms in total. The van der Waals surface area contributed by atoms with Gasteiger partial charge in [0.05, 0.1) is 16.8 Å². The van der Waals surface area contributed by atoms with Crippen LogP contribution in [0.4, 0.5) is 0 Å². The molecule has 0 amide bonds. The lowest BCUT2D eigenvalue weighted by Crippen LogP contribution is -2.13. The van der Waals surface area contributed by atoms with Crippen molar-refractivity contribution in [3.05, 3.63) is 34.8 Å². The number of fused-ring (bicyclic) bond motifs is 1. The average molecular weight is 248 g/mol. The van der Waals surface area contributed by atoms with Gasteiger partial charge in [-0.05, 0) is 19.1 Å². The summed E-state index contributed by atoms with van der Waals surface area (Å²) in [5.74, 6) is -0.589. The number of hydrogen-bond acceptors (Lipinski definition) is 5. The normalized spacial score (nSPS) is 12.3. The van der Waals surface area contributed by atoms with Crippen LogP contribution in [-0.4, -0.2) is 17.6 Å². The molecule has 0 saturated carbocycles. The minimum Gasteiger partial charge on any atom is -0.711 e. The lowest BCUT2D eigenvalue weighted by atomic mass is 10.3. The van der Waals surface area contributed by atoms with Crippen LogP contribution >= 0.6 is 11.3 Å². The molecule has 0 spiro atoms. The maximum atomic E-state index is 11.5. The fourth-order valence-corrected chi connectivity index (χ4v) is 2.41. The number of nitrogens with zero attached hydrogens (tertiary/aromatic N) is 3. The lowest BCUT2D eigenvalue weighted by Gasteiger charge is -2.10. The second-order valence-electron chi connectivity index (χ2n) is 3.29. The molecule has 1 heterocycles. The van der Waals surface area contributed by atoms with Gasteiger partial charge in [0, 0.05) is 0 Å². The van der Waals surface area contributed by atoms with Gasteiger partial charge in [0.1, 0.15) is 5.01 Å². The number of rotatable bonds is 4. The molecule has 88 valence electrons. The maximum absolute atomic E-state index is 11.5. The summed E-state index contributed by atoms with van der Waals surface area (Å²) in [4.78, 5) is 15.8. The van der Waals surface area contributed by atoms with Crippen LogP contribution in [0.15, 0.2) is 29.4 Å². The molecule has 0 radical (unpaired) electrons. The van der Waals surface area contributed by atoms with E-state index in [-0.39, 0.29) is 6.61 Å². The number of thiazole rings is 1. The molecule has 2 aromatic rings. The van der Waals surface area contributed by atoms with Crippen molar-refractivity contribution in [3.8, 4) is 0 Å². The Balaban J connectivity index is 2.36. The molecule has 6 heteroatoms. The van der Waals surface area contributed by atoms with E-state index in [4.69, 9.17) is 10.3 Å². The number of ether oxygens (including phenoxy) is 1. The first-order valence-corrected chi connectivity index (χ1v) is 5.94. The second kappa shape index (κ2) is 5.01. The highest BCUT2D eigenvalue weighted by Crippen LogP contribution is 2.28. The molecule has 0 N–H and O–H groups in total. The van der Waals surface area contributed by atoms with E-state index in [0.29, 0.717) is 5.01 Å². The van der Waals surface area contributed by atoms with Crippen LogP contribution in [-0.2, 0) is 9.53 Å². The van der Waals surface area contributed by atoms with E-state index in [1.165, 1.54) is 11.3 Å². The van der Waals surface area contributed by atoms with Gasteiger partial charge in [-0.3, -0.25) is 0 Å². The molecule has 1 atom stereocenters. The van der Waals surface area contributed by atoms with Gasteiger partial charge in [-0.1, -0.05) is 12.1 Å². The van der Waals surface area contributed by atoms with Crippen LogP contribution in [0.25, 0.3) is 15.7 Å². The van der Waals surface area contributed by atoms with Gasteiger partial charge in [-0.2, -0.15) is 0 Å². The smallest absolute Gasteiger partial charge is 0.336 e. The van der Waals surface area contributed by atoms with E-state index >= 15 is 0 Å². The highest BCUT2D eigenvalue weighted by atomic mass is 32.1. The zero-order valence-corrected chi connectivity index (χ0v) is 9.98. The van der Waals surface area contributed by atoms with Gasteiger partial charge in [0.25, 0.3) is 0 Å². The maximum Gasteiger partial charge on any atom is 0.336 e. The van der Waals surface area contributed by atoms with Gasteiger partial charge in [-0.25, -0.2) is 9.78 Å². The van der Waals surface area contributed by atoms with Crippen molar-refractivity contribution in [3.63, 3.8) is 0 Å². The zero-order chi connectivity index (χ0) is 12.3. The number of carbonyl (C=O) groups excluding carboxylic acids is 1. The molecule has 1 aromatic heterocycles. The number of para-hydroxylation sites is 1. The molecular formula is C11H10N3O2S-. The third-order valence-corrected chi connectivity index (χ3v) is 3.26. The van der Waals surface area contributed by atoms with Crippen molar-refractivity contribution in [1.82, 2.24) is 4.98 Å². The van der Waals surface area contributed by atoms with E-state index in [0.717, 1.165) is 10.2 Å². The fourth-order valence-electron chi connectivity index (χ4n) is 1.43. The molecule has 2 rings (SSSR count). The summed E-state index contributed by atoms with van der Waals surface area (Å²) in [7, 11) is 0. The topological polar surface area (TPSA) is 73.8 Å². The number of benzene rings is 1. The van der Waals surface area contributed by atoms with Crippen LogP contribution in [0.2, 0.25) is 0 Å². The van der Waals surface area contributed by atoms with Crippen molar-refractivity contribution in [2.24, 2.45) is 5.11 Å².